The number of hydrogen-bond donors (Lipinski definition) is 1. The molecule has 0 amide bonds. The van der Waals surface area contributed by atoms with Gasteiger partial charge in [0.1, 0.15) is 13.2 Å². The molecule has 16 heavy (non-hydrogen) atoms. The zero-order valence-corrected chi connectivity index (χ0v) is 9.19. The summed E-state index contributed by atoms with van der Waals surface area (Å²) < 4.78 is 9.20. The monoisotopic (exact) mass is 230 g/mol. The van der Waals surface area contributed by atoms with Crippen LogP contribution in [0, 0.1) is 5.92 Å². The fourth-order valence-corrected chi connectivity index (χ4v) is 0.626. The van der Waals surface area contributed by atoms with E-state index in [-0.39, 0.29) is 18.8 Å². The van der Waals surface area contributed by atoms with Gasteiger partial charge < -0.3 is 14.6 Å². The van der Waals surface area contributed by atoms with Gasteiger partial charge in [0.15, 0.2) is 5.92 Å². The minimum atomic E-state index is -1.26. The number of carbonyl (C=O) groups excluding carboxylic acids is 2. The van der Waals surface area contributed by atoms with E-state index in [0.717, 1.165) is 0 Å². The average Bonchev–Trinajstić information content (AvgIpc) is 2.22. The Balaban J connectivity index is 3.75. The first-order valence-corrected chi connectivity index (χ1v) is 4.58. The van der Waals surface area contributed by atoms with Crippen molar-refractivity contribution in [3.63, 3.8) is 0 Å². The average molecular weight is 230 g/mol. The molecule has 0 aliphatic heterocycles. The maximum Gasteiger partial charge on any atom is 0.333 e. The van der Waals surface area contributed by atoms with Crippen LogP contribution in [0.4, 0.5) is 0 Å². The van der Waals surface area contributed by atoms with Crippen LogP contribution in [0.25, 0.3) is 0 Å². The lowest BCUT2D eigenvalue weighted by Gasteiger charge is -2.08. The maximum absolute atomic E-state index is 11.0. The highest BCUT2D eigenvalue weighted by Gasteiger charge is 2.21. The van der Waals surface area contributed by atoms with Crippen LogP contribution in [-0.4, -0.2) is 36.2 Å². The van der Waals surface area contributed by atoms with Gasteiger partial charge in [-0.1, -0.05) is 6.58 Å². The Morgan fingerprint density at radius 2 is 1.75 bits per heavy atom. The Labute approximate surface area is 92.8 Å². The van der Waals surface area contributed by atoms with Gasteiger partial charge in [0.25, 0.3) is 0 Å². The lowest BCUT2D eigenvalue weighted by atomic mass is 10.2. The number of ether oxygens (including phenoxy) is 2. The van der Waals surface area contributed by atoms with Crippen LogP contribution in [0.1, 0.15) is 13.8 Å². The van der Waals surface area contributed by atoms with E-state index in [1.54, 1.807) is 0 Å². The number of carbonyl (C=O) groups is 3. The lowest BCUT2D eigenvalue weighted by Crippen LogP contribution is -2.24. The Morgan fingerprint density at radius 1 is 1.25 bits per heavy atom. The molecule has 0 aromatic heterocycles. The molecule has 0 radical (unpaired) electrons. The van der Waals surface area contributed by atoms with Gasteiger partial charge in [-0.25, -0.2) is 4.79 Å². The molecule has 6 heteroatoms. The second kappa shape index (κ2) is 6.60. The molecule has 1 N–H and O–H groups in total. The fraction of sp³-hybridized carbons (Fsp3) is 0.500. The van der Waals surface area contributed by atoms with Crippen molar-refractivity contribution >= 4 is 17.9 Å². The van der Waals surface area contributed by atoms with Crippen molar-refractivity contribution < 1.29 is 29.0 Å². The molecule has 0 saturated heterocycles. The van der Waals surface area contributed by atoms with Crippen LogP contribution in [-0.2, 0) is 23.9 Å². The smallest absolute Gasteiger partial charge is 0.333 e. The molecule has 0 heterocycles. The summed E-state index contributed by atoms with van der Waals surface area (Å²) in [6, 6.07) is 0. The molecule has 0 aromatic carbocycles. The van der Waals surface area contributed by atoms with Crippen molar-refractivity contribution in [3.05, 3.63) is 12.2 Å². The Bertz CT molecular complexity index is 306. The number of aliphatic carboxylic acids is 1. The summed E-state index contributed by atoms with van der Waals surface area (Å²) in [7, 11) is 0. The number of carboxylic acid groups (broad SMARTS) is 1. The van der Waals surface area contributed by atoms with E-state index in [4.69, 9.17) is 5.11 Å². The van der Waals surface area contributed by atoms with Gasteiger partial charge in [-0.3, -0.25) is 9.59 Å². The standard InChI is InChI=1S/C10H14O6/c1-6(2)9(13)15-4-5-16-10(14)7(3)8(11)12/h7H,1,4-5H2,2-3H3,(H,11,12). The van der Waals surface area contributed by atoms with Gasteiger partial charge in [-0.05, 0) is 13.8 Å². The zero-order chi connectivity index (χ0) is 12.7. The summed E-state index contributed by atoms with van der Waals surface area (Å²) in [4.78, 5) is 32.2. The number of esters is 2. The molecule has 0 aliphatic rings. The predicted molar refractivity (Wildman–Crippen MR) is 53.5 cm³/mol. The van der Waals surface area contributed by atoms with E-state index in [0.29, 0.717) is 0 Å². The van der Waals surface area contributed by atoms with Crippen molar-refractivity contribution in [2.75, 3.05) is 13.2 Å². The summed E-state index contributed by atoms with van der Waals surface area (Å²) in [5.74, 6) is -3.93. The number of hydrogen-bond acceptors (Lipinski definition) is 5. The molecular formula is C10H14O6. The van der Waals surface area contributed by atoms with E-state index < -0.39 is 23.8 Å². The molecule has 0 aromatic rings. The van der Waals surface area contributed by atoms with Crippen molar-refractivity contribution in [3.8, 4) is 0 Å². The first-order chi connectivity index (χ1) is 7.36. The molecule has 0 fully saturated rings. The maximum atomic E-state index is 11.0. The van der Waals surface area contributed by atoms with Crippen molar-refractivity contribution in [1.82, 2.24) is 0 Å². The Kier molecular flexibility index (Phi) is 5.84. The minimum Gasteiger partial charge on any atom is -0.481 e. The molecule has 6 nitrogen and oxygen atoms in total. The van der Waals surface area contributed by atoms with E-state index in [1.165, 1.54) is 13.8 Å². The normalized spacial score (nSPS) is 11.4. The first-order valence-electron chi connectivity index (χ1n) is 4.58. The number of rotatable bonds is 6. The van der Waals surface area contributed by atoms with Crippen LogP contribution >= 0.6 is 0 Å². The molecule has 0 bridgehead atoms. The lowest BCUT2D eigenvalue weighted by molar-refractivity contribution is -0.160. The summed E-state index contributed by atoms with van der Waals surface area (Å²) in [5.41, 5.74) is 0.241. The fourth-order valence-electron chi connectivity index (χ4n) is 0.626. The first kappa shape index (κ1) is 14.2. The third-order valence-corrected chi connectivity index (χ3v) is 1.63. The SMILES string of the molecule is C=C(C)C(=O)OCCOC(=O)C(C)C(=O)O. The van der Waals surface area contributed by atoms with Crippen LogP contribution in [0.15, 0.2) is 12.2 Å². The predicted octanol–water partition coefficient (Wildman–Crippen LogP) is 0.370. The molecule has 0 spiro atoms. The Hall–Kier alpha value is -1.85. The van der Waals surface area contributed by atoms with E-state index in [1.807, 2.05) is 0 Å². The molecule has 0 aliphatic carbocycles. The van der Waals surface area contributed by atoms with Crippen molar-refractivity contribution in [2.24, 2.45) is 5.92 Å². The van der Waals surface area contributed by atoms with E-state index >= 15 is 0 Å². The van der Waals surface area contributed by atoms with E-state index in [9.17, 15) is 14.4 Å². The molecule has 0 saturated carbocycles. The second-order valence-electron chi connectivity index (χ2n) is 3.14. The largest absolute Gasteiger partial charge is 0.481 e. The summed E-state index contributed by atoms with van der Waals surface area (Å²) in [6.45, 7) is 5.77. The van der Waals surface area contributed by atoms with Gasteiger partial charge in [0, 0.05) is 5.57 Å². The van der Waals surface area contributed by atoms with Gasteiger partial charge in [-0.2, -0.15) is 0 Å². The zero-order valence-electron chi connectivity index (χ0n) is 9.19. The summed E-state index contributed by atoms with van der Waals surface area (Å²) in [5, 5.41) is 8.47. The van der Waals surface area contributed by atoms with Gasteiger partial charge in [-0.15, -0.1) is 0 Å². The summed E-state index contributed by atoms with van der Waals surface area (Å²) >= 11 is 0. The molecule has 0 rings (SSSR count). The van der Waals surface area contributed by atoms with Gasteiger partial charge >= 0.3 is 17.9 Å². The molecular weight excluding hydrogens is 216 g/mol. The van der Waals surface area contributed by atoms with Crippen LogP contribution in [0.3, 0.4) is 0 Å². The Morgan fingerprint density at radius 3 is 2.19 bits per heavy atom. The van der Waals surface area contributed by atoms with E-state index in [2.05, 4.69) is 16.1 Å². The van der Waals surface area contributed by atoms with Crippen LogP contribution in [0.2, 0.25) is 0 Å². The van der Waals surface area contributed by atoms with Gasteiger partial charge in [0.2, 0.25) is 0 Å². The van der Waals surface area contributed by atoms with Crippen LogP contribution in [0.5, 0.6) is 0 Å². The highest BCUT2D eigenvalue weighted by molar-refractivity contribution is 5.93. The summed E-state index contributed by atoms with van der Waals surface area (Å²) in [6.07, 6.45) is 0. The highest BCUT2D eigenvalue weighted by atomic mass is 16.6. The topological polar surface area (TPSA) is 89.9 Å². The molecule has 90 valence electrons. The third kappa shape index (κ3) is 5.14. The molecule has 1 unspecified atom stereocenters. The highest BCUT2D eigenvalue weighted by Crippen LogP contribution is 1.98. The third-order valence-electron chi connectivity index (χ3n) is 1.63. The minimum absolute atomic E-state index is 0.121. The van der Waals surface area contributed by atoms with Gasteiger partial charge in [0.05, 0.1) is 0 Å². The molecule has 1 atom stereocenters. The second-order valence-corrected chi connectivity index (χ2v) is 3.14. The number of carboxylic acids is 1. The quantitative estimate of drug-likeness (QED) is 0.307. The van der Waals surface area contributed by atoms with Crippen molar-refractivity contribution in [2.45, 2.75) is 13.8 Å². The van der Waals surface area contributed by atoms with Crippen molar-refractivity contribution in [1.29, 1.82) is 0 Å². The van der Waals surface area contributed by atoms with Crippen LogP contribution < -0.4 is 0 Å².